The van der Waals surface area contributed by atoms with Crippen LogP contribution in [-0.2, 0) is 13.0 Å². The smallest absolute Gasteiger partial charge is 0.349 e. The molecule has 1 aliphatic rings. The van der Waals surface area contributed by atoms with E-state index in [4.69, 9.17) is 4.42 Å². The fraction of sp³-hybridized carbons (Fsp3) is 0.300. The summed E-state index contributed by atoms with van der Waals surface area (Å²) in [7, 11) is 0. The molecular formula is C20H20N4O4S. The lowest BCUT2D eigenvalue weighted by atomic mass is 10.1. The molecule has 9 heteroatoms. The number of nitrogens with one attached hydrogen (secondary N) is 2. The van der Waals surface area contributed by atoms with Crippen molar-refractivity contribution in [1.29, 1.82) is 0 Å². The third kappa shape index (κ3) is 4.00. The molecule has 2 aromatic heterocycles. The second-order valence-corrected chi connectivity index (χ2v) is 8.19. The molecule has 0 fully saturated rings. The Morgan fingerprint density at radius 3 is 2.86 bits per heavy atom. The highest BCUT2D eigenvalue weighted by molar-refractivity contribution is 7.15. The van der Waals surface area contributed by atoms with Crippen molar-refractivity contribution in [3.8, 4) is 0 Å². The van der Waals surface area contributed by atoms with Crippen LogP contribution in [0.5, 0.6) is 0 Å². The maximum absolute atomic E-state index is 13.0. The molecule has 3 heterocycles. The highest BCUT2D eigenvalue weighted by atomic mass is 32.1. The zero-order chi connectivity index (χ0) is 20.5. The molecule has 3 amide bonds. The molecule has 0 bridgehead atoms. The molecule has 0 unspecified atom stereocenters. The molecule has 150 valence electrons. The summed E-state index contributed by atoms with van der Waals surface area (Å²) in [6.45, 7) is 4.53. The van der Waals surface area contributed by atoms with Crippen LogP contribution < -0.4 is 16.3 Å². The SMILES string of the molecule is CC(C)NC(=O)Nc1nc2c(s1)CN(C(=O)c1cc3ccccc3oc1=O)CC2. The number of carbonyl (C=O) groups is 2. The summed E-state index contributed by atoms with van der Waals surface area (Å²) in [6.07, 6.45) is 0.559. The monoisotopic (exact) mass is 412 g/mol. The highest BCUT2D eigenvalue weighted by Crippen LogP contribution is 2.29. The van der Waals surface area contributed by atoms with E-state index in [0.717, 1.165) is 10.6 Å². The van der Waals surface area contributed by atoms with Crippen LogP contribution in [-0.4, -0.2) is 34.4 Å². The average Bonchev–Trinajstić information content (AvgIpc) is 3.07. The Morgan fingerprint density at radius 1 is 1.28 bits per heavy atom. The van der Waals surface area contributed by atoms with E-state index in [-0.39, 0.29) is 23.5 Å². The van der Waals surface area contributed by atoms with Crippen molar-refractivity contribution in [2.75, 3.05) is 11.9 Å². The fourth-order valence-corrected chi connectivity index (χ4v) is 4.22. The second kappa shape index (κ2) is 7.67. The van der Waals surface area contributed by atoms with Crippen molar-refractivity contribution < 1.29 is 14.0 Å². The standard InChI is InChI=1S/C20H20N4O4S/c1-11(2)21-19(27)23-20-22-14-7-8-24(10-16(14)29-20)17(25)13-9-12-5-3-4-6-15(12)28-18(13)26/h3-6,9,11H,7-8,10H2,1-2H3,(H2,21,22,23,27). The number of amides is 3. The van der Waals surface area contributed by atoms with Gasteiger partial charge >= 0.3 is 11.7 Å². The molecule has 1 aromatic carbocycles. The van der Waals surface area contributed by atoms with E-state index in [9.17, 15) is 14.4 Å². The number of hydrogen-bond acceptors (Lipinski definition) is 6. The normalized spacial score (nSPS) is 13.4. The minimum atomic E-state index is -0.642. The predicted octanol–water partition coefficient (Wildman–Crippen LogP) is 2.98. The molecule has 0 radical (unpaired) electrons. The maximum Gasteiger partial charge on any atom is 0.349 e. The Kier molecular flexibility index (Phi) is 5.06. The number of benzene rings is 1. The van der Waals surface area contributed by atoms with Gasteiger partial charge in [0.05, 0.1) is 12.2 Å². The lowest BCUT2D eigenvalue weighted by molar-refractivity contribution is 0.0732. The average molecular weight is 412 g/mol. The number of rotatable bonds is 3. The van der Waals surface area contributed by atoms with E-state index < -0.39 is 5.63 Å². The van der Waals surface area contributed by atoms with E-state index in [2.05, 4.69) is 15.6 Å². The van der Waals surface area contributed by atoms with Crippen molar-refractivity contribution in [2.24, 2.45) is 0 Å². The van der Waals surface area contributed by atoms with E-state index in [1.54, 1.807) is 29.2 Å². The van der Waals surface area contributed by atoms with Gasteiger partial charge in [0, 0.05) is 29.3 Å². The molecule has 8 nitrogen and oxygen atoms in total. The van der Waals surface area contributed by atoms with Crippen molar-refractivity contribution in [1.82, 2.24) is 15.2 Å². The van der Waals surface area contributed by atoms with Crippen LogP contribution in [0.1, 0.15) is 34.8 Å². The summed E-state index contributed by atoms with van der Waals surface area (Å²) in [5.41, 5.74) is 0.695. The summed E-state index contributed by atoms with van der Waals surface area (Å²) in [5.74, 6) is -0.365. The number of aromatic nitrogens is 1. The van der Waals surface area contributed by atoms with Gasteiger partial charge in [0.25, 0.3) is 5.91 Å². The van der Waals surface area contributed by atoms with E-state index in [1.807, 2.05) is 19.9 Å². The van der Waals surface area contributed by atoms with Gasteiger partial charge in [-0.3, -0.25) is 10.1 Å². The van der Waals surface area contributed by atoms with E-state index >= 15 is 0 Å². The van der Waals surface area contributed by atoms with Gasteiger partial charge in [-0.25, -0.2) is 14.6 Å². The fourth-order valence-electron chi connectivity index (χ4n) is 3.20. The third-order valence-corrected chi connectivity index (χ3v) is 5.53. The van der Waals surface area contributed by atoms with Gasteiger partial charge in [-0.2, -0.15) is 0 Å². The quantitative estimate of drug-likeness (QED) is 0.644. The molecule has 0 saturated carbocycles. The van der Waals surface area contributed by atoms with Gasteiger partial charge in [0.2, 0.25) is 0 Å². The number of anilines is 1. The molecule has 1 aliphatic heterocycles. The Bertz CT molecular complexity index is 1150. The molecule has 0 saturated heterocycles. The zero-order valence-electron chi connectivity index (χ0n) is 16.0. The minimum absolute atomic E-state index is 0.0197. The number of nitrogens with zero attached hydrogens (tertiary/aromatic N) is 2. The molecule has 4 rings (SSSR count). The van der Waals surface area contributed by atoms with Crippen LogP contribution in [0.2, 0.25) is 0 Å². The van der Waals surface area contributed by atoms with E-state index in [0.29, 0.717) is 35.6 Å². The lowest BCUT2D eigenvalue weighted by Crippen LogP contribution is -2.37. The van der Waals surface area contributed by atoms with E-state index in [1.165, 1.54) is 11.3 Å². The Hall–Kier alpha value is -3.20. The van der Waals surface area contributed by atoms with Crippen LogP contribution in [0.4, 0.5) is 9.93 Å². The summed E-state index contributed by atoms with van der Waals surface area (Å²) >= 11 is 1.34. The number of hydrogen-bond donors (Lipinski definition) is 2. The molecular weight excluding hydrogens is 392 g/mol. The second-order valence-electron chi connectivity index (χ2n) is 7.10. The largest absolute Gasteiger partial charge is 0.422 e. The molecule has 0 spiro atoms. The number of thiazole rings is 1. The summed E-state index contributed by atoms with van der Waals surface area (Å²) in [5, 5.41) is 6.67. The van der Waals surface area contributed by atoms with Crippen LogP contribution in [0.3, 0.4) is 0 Å². The zero-order valence-corrected chi connectivity index (χ0v) is 16.8. The van der Waals surface area contributed by atoms with Crippen molar-refractivity contribution in [2.45, 2.75) is 32.9 Å². The van der Waals surface area contributed by atoms with Gasteiger partial charge in [-0.1, -0.05) is 29.5 Å². The number of urea groups is 1. The Labute approximate surface area is 170 Å². The number of carbonyl (C=O) groups excluding carboxylic acids is 2. The van der Waals surface area contributed by atoms with Gasteiger partial charge in [0.15, 0.2) is 5.13 Å². The number of fused-ring (bicyclic) bond motifs is 2. The highest BCUT2D eigenvalue weighted by Gasteiger charge is 2.27. The summed E-state index contributed by atoms with van der Waals surface area (Å²) < 4.78 is 5.29. The lowest BCUT2D eigenvalue weighted by Gasteiger charge is -2.25. The summed E-state index contributed by atoms with van der Waals surface area (Å²) in [4.78, 5) is 44.1. The van der Waals surface area contributed by atoms with Crippen LogP contribution >= 0.6 is 11.3 Å². The third-order valence-electron chi connectivity index (χ3n) is 4.53. The van der Waals surface area contributed by atoms with Gasteiger partial charge in [-0.05, 0) is 26.0 Å². The van der Waals surface area contributed by atoms with Gasteiger partial charge in [0.1, 0.15) is 11.1 Å². The first-order valence-electron chi connectivity index (χ1n) is 9.29. The molecule has 29 heavy (non-hydrogen) atoms. The minimum Gasteiger partial charge on any atom is -0.422 e. The van der Waals surface area contributed by atoms with Crippen LogP contribution in [0.25, 0.3) is 11.0 Å². The van der Waals surface area contributed by atoms with Gasteiger partial charge in [-0.15, -0.1) is 0 Å². The molecule has 0 aliphatic carbocycles. The molecule has 0 atom stereocenters. The van der Waals surface area contributed by atoms with Crippen molar-refractivity contribution in [3.05, 3.63) is 56.9 Å². The first-order valence-corrected chi connectivity index (χ1v) is 10.1. The predicted molar refractivity (Wildman–Crippen MR) is 110 cm³/mol. The molecule has 3 aromatic rings. The first kappa shape index (κ1) is 19.1. The first-order chi connectivity index (χ1) is 13.9. The number of para-hydroxylation sites is 1. The van der Waals surface area contributed by atoms with Crippen molar-refractivity contribution in [3.63, 3.8) is 0 Å². The molecule has 2 N–H and O–H groups in total. The maximum atomic E-state index is 13.0. The van der Waals surface area contributed by atoms with Crippen LogP contribution in [0, 0.1) is 0 Å². The van der Waals surface area contributed by atoms with Crippen LogP contribution in [0.15, 0.2) is 39.5 Å². The topological polar surface area (TPSA) is 105 Å². The Balaban J connectivity index is 1.53. The summed E-state index contributed by atoms with van der Waals surface area (Å²) in [6, 6.07) is 8.38. The van der Waals surface area contributed by atoms with Crippen molar-refractivity contribution >= 4 is 39.4 Å². The Morgan fingerprint density at radius 2 is 2.07 bits per heavy atom. The van der Waals surface area contributed by atoms with Gasteiger partial charge < -0.3 is 14.6 Å².